The van der Waals surface area contributed by atoms with Crippen molar-refractivity contribution in [3.05, 3.63) is 34.9 Å². The molecule has 1 atom stereocenters. The Morgan fingerprint density at radius 2 is 2.28 bits per heavy atom. The average Bonchev–Trinajstić information content (AvgIpc) is 2.60. The standard InChI is InChI=1S/C12H12N2O3S/c1-6-2-3-7(8(4-6)11(16)17)5-9-10(15)14-12(13)18-9/h2-4,9H,5H2,1H3,(H,16,17)(H2,13,14,15)/t9-/m1/s1. The molecule has 1 heterocycles. The van der Waals surface area contributed by atoms with E-state index in [0.717, 1.165) is 5.56 Å². The summed E-state index contributed by atoms with van der Waals surface area (Å²) in [5, 5.41) is 8.97. The number of aliphatic imine (C=N–C) groups is 1. The summed E-state index contributed by atoms with van der Waals surface area (Å²) in [6, 6.07) is 5.17. The Morgan fingerprint density at radius 1 is 1.56 bits per heavy atom. The highest BCUT2D eigenvalue weighted by molar-refractivity contribution is 8.15. The number of aromatic carboxylic acids is 1. The second-order valence-electron chi connectivity index (χ2n) is 4.06. The minimum absolute atomic E-state index is 0.230. The number of carboxylic acid groups (broad SMARTS) is 1. The first-order valence-electron chi connectivity index (χ1n) is 5.35. The van der Waals surface area contributed by atoms with Gasteiger partial charge in [0.15, 0.2) is 5.17 Å². The van der Waals surface area contributed by atoms with E-state index in [9.17, 15) is 9.59 Å². The monoisotopic (exact) mass is 264 g/mol. The van der Waals surface area contributed by atoms with Crippen LogP contribution in [0.3, 0.4) is 0 Å². The summed E-state index contributed by atoms with van der Waals surface area (Å²) in [5.74, 6) is -1.28. The van der Waals surface area contributed by atoms with Gasteiger partial charge in [-0.25, -0.2) is 4.79 Å². The molecule has 0 aliphatic carbocycles. The Labute approximate surface area is 108 Å². The fraction of sp³-hybridized carbons (Fsp3) is 0.250. The highest BCUT2D eigenvalue weighted by Gasteiger charge is 2.28. The number of rotatable bonds is 3. The zero-order valence-corrected chi connectivity index (χ0v) is 10.5. The van der Waals surface area contributed by atoms with Crippen molar-refractivity contribution in [2.45, 2.75) is 18.6 Å². The van der Waals surface area contributed by atoms with Gasteiger partial charge in [-0.05, 0) is 25.0 Å². The molecule has 2 rings (SSSR count). The van der Waals surface area contributed by atoms with E-state index in [1.165, 1.54) is 11.8 Å². The van der Waals surface area contributed by atoms with Crippen molar-refractivity contribution in [2.24, 2.45) is 10.7 Å². The van der Waals surface area contributed by atoms with Gasteiger partial charge in [-0.3, -0.25) is 4.79 Å². The number of thioether (sulfide) groups is 1. The molecule has 0 spiro atoms. The van der Waals surface area contributed by atoms with Gasteiger partial charge in [0.25, 0.3) is 5.91 Å². The zero-order chi connectivity index (χ0) is 13.3. The fourth-order valence-corrected chi connectivity index (χ4v) is 2.65. The zero-order valence-electron chi connectivity index (χ0n) is 9.71. The normalized spacial score (nSPS) is 18.8. The van der Waals surface area contributed by atoms with Gasteiger partial charge in [0.1, 0.15) is 0 Å². The predicted molar refractivity (Wildman–Crippen MR) is 69.9 cm³/mol. The van der Waals surface area contributed by atoms with Crippen LogP contribution >= 0.6 is 11.8 Å². The Hall–Kier alpha value is -1.82. The Kier molecular flexibility index (Phi) is 3.38. The number of carboxylic acids is 1. The van der Waals surface area contributed by atoms with Gasteiger partial charge >= 0.3 is 5.97 Å². The van der Waals surface area contributed by atoms with Crippen LogP contribution in [0.4, 0.5) is 0 Å². The number of benzene rings is 1. The third-order valence-electron chi connectivity index (χ3n) is 2.66. The molecule has 18 heavy (non-hydrogen) atoms. The molecule has 6 heteroatoms. The Balaban J connectivity index is 2.25. The molecule has 1 aliphatic heterocycles. The minimum Gasteiger partial charge on any atom is -0.478 e. The molecule has 3 N–H and O–H groups in total. The molecule has 0 radical (unpaired) electrons. The number of amides is 1. The fourth-order valence-electron chi connectivity index (χ4n) is 1.80. The number of amidine groups is 1. The van der Waals surface area contributed by atoms with E-state index in [0.29, 0.717) is 12.0 Å². The van der Waals surface area contributed by atoms with Gasteiger partial charge in [0, 0.05) is 0 Å². The van der Waals surface area contributed by atoms with Gasteiger partial charge in [0.05, 0.1) is 10.8 Å². The maximum atomic E-state index is 11.5. The van der Waals surface area contributed by atoms with E-state index in [2.05, 4.69) is 4.99 Å². The second-order valence-corrected chi connectivity index (χ2v) is 5.29. The molecule has 94 valence electrons. The van der Waals surface area contributed by atoms with E-state index in [1.807, 2.05) is 13.0 Å². The number of hydrogen-bond acceptors (Lipinski definition) is 4. The summed E-state index contributed by atoms with van der Waals surface area (Å²) in [5.41, 5.74) is 7.20. The Bertz CT molecular complexity index is 554. The number of nitrogens with zero attached hydrogens (tertiary/aromatic N) is 1. The van der Waals surface area contributed by atoms with Crippen LogP contribution in [0.25, 0.3) is 0 Å². The second kappa shape index (κ2) is 4.81. The van der Waals surface area contributed by atoms with Crippen LogP contribution < -0.4 is 5.73 Å². The molecule has 0 unspecified atom stereocenters. The van der Waals surface area contributed by atoms with Crippen molar-refractivity contribution in [1.29, 1.82) is 0 Å². The first-order chi connectivity index (χ1) is 8.47. The summed E-state index contributed by atoms with van der Waals surface area (Å²) in [7, 11) is 0. The van der Waals surface area contributed by atoms with Crippen LogP contribution in [-0.2, 0) is 11.2 Å². The van der Waals surface area contributed by atoms with Crippen LogP contribution in [0.1, 0.15) is 21.5 Å². The summed E-state index contributed by atoms with van der Waals surface area (Å²) < 4.78 is 0. The lowest BCUT2D eigenvalue weighted by Crippen LogP contribution is -2.16. The molecule has 0 saturated heterocycles. The summed E-state index contributed by atoms with van der Waals surface area (Å²) in [6.45, 7) is 1.83. The molecule has 1 amide bonds. The van der Waals surface area contributed by atoms with E-state index in [1.54, 1.807) is 12.1 Å². The maximum Gasteiger partial charge on any atom is 0.335 e. The molecule has 0 aromatic heterocycles. The highest BCUT2D eigenvalue weighted by atomic mass is 32.2. The molecule has 1 aromatic rings. The van der Waals surface area contributed by atoms with Gasteiger partial charge < -0.3 is 10.8 Å². The van der Waals surface area contributed by atoms with E-state index >= 15 is 0 Å². The smallest absolute Gasteiger partial charge is 0.335 e. The molecule has 1 aromatic carbocycles. The van der Waals surface area contributed by atoms with Crippen LogP contribution in [-0.4, -0.2) is 27.4 Å². The van der Waals surface area contributed by atoms with Crippen molar-refractivity contribution in [3.8, 4) is 0 Å². The molecule has 0 bridgehead atoms. The van der Waals surface area contributed by atoms with Gasteiger partial charge in [-0.15, -0.1) is 0 Å². The molecule has 0 fully saturated rings. The predicted octanol–water partition coefficient (Wildman–Crippen LogP) is 1.19. The lowest BCUT2D eigenvalue weighted by Gasteiger charge is -2.10. The van der Waals surface area contributed by atoms with Gasteiger partial charge in [0.2, 0.25) is 0 Å². The number of hydrogen-bond donors (Lipinski definition) is 2. The SMILES string of the molecule is Cc1ccc(C[C@H]2SC(N)=NC2=O)c(C(=O)O)c1. The number of nitrogens with two attached hydrogens (primary N) is 1. The van der Waals surface area contributed by atoms with Crippen LogP contribution in [0.5, 0.6) is 0 Å². The molecule has 5 nitrogen and oxygen atoms in total. The molecular weight excluding hydrogens is 252 g/mol. The molecule has 0 saturated carbocycles. The summed E-state index contributed by atoms with van der Waals surface area (Å²) in [6.07, 6.45) is 0.329. The lowest BCUT2D eigenvalue weighted by atomic mass is 10.0. The molecular formula is C12H12N2O3S. The van der Waals surface area contributed by atoms with Gasteiger partial charge in [-0.1, -0.05) is 29.5 Å². The average molecular weight is 264 g/mol. The maximum absolute atomic E-state index is 11.5. The number of aryl methyl sites for hydroxylation is 1. The topological polar surface area (TPSA) is 92.8 Å². The Morgan fingerprint density at radius 3 is 2.83 bits per heavy atom. The van der Waals surface area contributed by atoms with Crippen LogP contribution in [0.15, 0.2) is 23.2 Å². The lowest BCUT2D eigenvalue weighted by molar-refractivity contribution is -0.117. The largest absolute Gasteiger partial charge is 0.478 e. The first-order valence-corrected chi connectivity index (χ1v) is 6.23. The highest BCUT2D eigenvalue weighted by Crippen LogP contribution is 2.25. The number of carbonyl (C=O) groups excluding carboxylic acids is 1. The molecule has 1 aliphatic rings. The quantitative estimate of drug-likeness (QED) is 0.855. The third-order valence-corrected chi connectivity index (χ3v) is 3.65. The van der Waals surface area contributed by atoms with Crippen molar-refractivity contribution < 1.29 is 14.7 Å². The van der Waals surface area contributed by atoms with Crippen LogP contribution in [0.2, 0.25) is 0 Å². The van der Waals surface area contributed by atoms with Crippen molar-refractivity contribution in [1.82, 2.24) is 0 Å². The van der Waals surface area contributed by atoms with E-state index in [-0.39, 0.29) is 16.6 Å². The van der Waals surface area contributed by atoms with Crippen molar-refractivity contribution >= 4 is 28.8 Å². The van der Waals surface area contributed by atoms with E-state index < -0.39 is 11.2 Å². The number of carbonyl (C=O) groups is 2. The summed E-state index contributed by atoms with van der Waals surface area (Å²) >= 11 is 1.18. The van der Waals surface area contributed by atoms with Crippen molar-refractivity contribution in [2.75, 3.05) is 0 Å². The van der Waals surface area contributed by atoms with Crippen LogP contribution in [0, 0.1) is 6.92 Å². The third kappa shape index (κ3) is 2.53. The van der Waals surface area contributed by atoms with Gasteiger partial charge in [-0.2, -0.15) is 4.99 Å². The first kappa shape index (κ1) is 12.6. The summed E-state index contributed by atoms with van der Waals surface area (Å²) in [4.78, 5) is 26.3. The van der Waals surface area contributed by atoms with E-state index in [4.69, 9.17) is 10.8 Å². The van der Waals surface area contributed by atoms with Crippen molar-refractivity contribution in [3.63, 3.8) is 0 Å². The minimum atomic E-state index is -0.988.